The van der Waals surface area contributed by atoms with E-state index >= 15 is 0 Å². The third kappa shape index (κ3) is 4.05. The van der Waals surface area contributed by atoms with Gasteiger partial charge in [0.2, 0.25) is 0 Å². The van der Waals surface area contributed by atoms with Crippen LogP contribution in [0, 0.1) is 28.6 Å². The molecule has 2 aliphatic heterocycles. The first-order valence-corrected chi connectivity index (χ1v) is 16.3. The molecule has 4 fully saturated rings. The summed E-state index contributed by atoms with van der Waals surface area (Å²) in [4.78, 5) is 26.0. The molecule has 3 saturated carbocycles. The highest BCUT2D eigenvalue weighted by atomic mass is 16.7. The number of aliphatic hydroxyl groups is 2. The van der Waals surface area contributed by atoms with Gasteiger partial charge in [0.15, 0.2) is 23.5 Å². The van der Waals surface area contributed by atoms with Crippen LogP contribution in [0.3, 0.4) is 0 Å². The molecule has 0 amide bonds. The van der Waals surface area contributed by atoms with Gasteiger partial charge in [0, 0.05) is 46.0 Å². The van der Waals surface area contributed by atoms with Crippen molar-refractivity contribution in [3.63, 3.8) is 0 Å². The Hall–Kier alpha value is -3.30. The maximum absolute atomic E-state index is 13.8. The van der Waals surface area contributed by atoms with Crippen LogP contribution in [-0.2, 0) is 31.9 Å². The van der Waals surface area contributed by atoms with Crippen LogP contribution in [0.25, 0.3) is 0 Å². The maximum atomic E-state index is 13.8. The van der Waals surface area contributed by atoms with Crippen molar-refractivity contribution in [2.75, 3.05) is 18.9 Å². The number of allylic oxidation sites excluding steroid dienone is 4. The number of aliphatic hydroxyl groups excluding tert-OH is 2. The zero-order valence-electron chi connectivity index (χ0n) is 25.8. The molecule has 0 radical (unpaired) electrons. The first kappa shape index (κ1) is 29.1. The van der Waals surface area contributed by atoms with Crippen LogP contribution in [0.4, 0.5) is 5.69 Å². The van der Waals surface area contributed by atoms with Gasteiger partial charge in [-0.3, -0.25) is 9.59 Å². The molecule has 4 aliphatic carbocycles. The topological polar surface area (TPSA) is 128 Å². The summed E-state index contributed by atoms with van der Waals surface area (Å²) in [7, 11) is 0. The molecule has 0 bridgehead atoms. The summed E-state index contributed by atoms with van der Waals surface area (Å²) in [6.07, 6.45) is 7.53. The normalized spacial score (nSPS) is 39.3. The molecule has 236 valence electrons. The Kier molecular flexibility index (Phi) is 6.54. The lowest BCUT2D eigenvalue weighted by atomic mass is 9.46. The van der Waals surface area contributed by atoms with Crippen LogP contribution in [-0.4, -0.2) is 52.8 Å². The van der Waals surface area contributed by atoms with Crippen LogP contribution in [0.15, 0.2) is 60.2 Å². The van der Waals surface area contributed by atoms with Crippen molar-refractivity contribution < 1.29 is 34.0 Å². The summed E-state index contributed by atoms with van der Waals surface area (Å²) in [6.45, 7) is 4.21. The van der Waals surface area contributed by atoms with Gasteiger partial charge in [-0.25, -0.2) is 0 Å². The molecule has 8 nitrogen and oxygen atoms in total. The van der Waals surface area contributed by atoms with E-state index in [1.807, 2.05) is 30.3 Å². The number of Topliss-reactive ketones (excluding diaryl/α,β-unsaturated/α-hetero) is 1. The minimum absolute atomic E-state index is 0.00250. The van der Waals surface area contributed by atoms with Crippen LogP contribution in [0.2, 0.25) is 0 Å². The molecule has 2 heterocycles. The molecule has 1 saturated heterocycles. The summed E-state index contributed by atoms with van der Waals surface area (Å²) in [6, 6.07) is 12.0. The van der Waals surface area contributed by atoms with Gasteiger partial charge >= 0.3 is 0 Å². The quantitative estimate of drug-likeness (QED) is 0.425. The fraction of sp³-hybridized carbons (Fsp3) is 0.514. The van der Waals surface area contributed by atoms with Gasteiger partial charge in [0.1, 0.15) is 12.4 Å². The number of anilines is 1. The van der Waals surface area contributed by atoms with E-state index in [9.17, 15) is 19.8 Å². The number of hydrogen-bond donors (Lipinski definition) is 3. The number of carbonyl (C=O) groups excluding carboxylic acids is 2. The number of nitrogens with two attached hydrogens (primary N) is 1. The van der Waals surface area contributed by atoms with E-state index in [2.05, 4.69) is 26.0 Å². The van der Waals surface area contributed by atoms with Gasteiger partial charge in [-0.15, -0.1) is 0 Å². The van der Waals surface area contributed by atoms with E-state index < -0.39 is 41.5 Å². The molecule has 9 atom stereocenters. The van der Waals surface area contributed by atoms with E-state index in [0.717, 1.165) is 53.7 Å². The smallest absolute Gasteiger partial charge is 0.193 e. The molecule has 0 spiro atoms. The van der Waals surface area contributed by atoms with Gasteiger partial charge in [-0.05, 0) is 73.3 Å². The molecule has 0 unspecified atom stereocenters. The highest BCUT2D eigenvalue weighted by Gasteiger charge is 2.75. The third-order valence-corrected chi connectivity index (χ3v) is 12.4. The summed E-state index contributed by atoms with van der Waals surface area (Å²) in [5.74, 6) is 0.597. The molecular formula is C37H41NO7. The van der Waals surface area contributed by atoms with Crippen LogP contribution in [0.5, 0.6) is 5.75 Å². The van der Waals surface area contributed by atoms with Gasteiger partial charge < -0.3 is 30.2 Å². The number of ether oxygens (including phenoxy) is 3. The second-order valence-electron chi connectivity index (χ2n) is 14.5. The van der Waals surface area contributed by atoms with Crippen molar-refractivity contribution >= 4 is 17.3 Å². The number of nitrogen functional groups attached to an aromatic ring is 1. The van der Waals surface area contributed by atoms with Crippen molar-refractivity contribution in [1.29, 1.82) is 0 Å². The zero-order chi connectivity index (χ0) is 31.3. The van der Waals surface area contributed by atoms with E-state index in [1.165, 1.54) is 5.56 Å². The lowest BCUT2D eigenvalue weighted by Gasteiger charge is -2.59. The number of rotatable bonds is 5. The van der Waals surface area contributed by atoms with Gasteiger partial charge in [-0.2, -0.15) is 0 Å². The van der Waals surface area contributed by atoms with Crippen LogP contribution >= 0.6 is 0 Å². The van der Waals surface area contributed by atoms with Crippen molar-refractivity contribution in [3.8, 4) is 5.75 Å². The lowest BCUT2D eigenvalue weighted by Crippen LogP contribution is -2.63. The SMILES string of the molecule is C[C@]12C=CC(=O)C=C1CC[C@@H]1[C@@H]2[C@@H](O)C[C@@]2(C)[C@H]1C[C@H]1O[C@@H](c3ccc(Cc4cc(N)cc5c4CCO5)cc3)O[C@]12C(=O)CO. The average molecular weight is 612 g/mol. The largest absolute Gasteiger partial charge is 0.493 e. The van der Waals surface area contributed by atoms with E-state index in [1.54, 1.807) is 12.2 Å². The fourth-order valence-electron chi connectivity index (χ4n) is 10.4. The minimum atomic E-state index is -1.36. The van der Waals surface area contributed by atoms with E-state index in [-0.39, 0.29) is 29.3 Å². The highest BCUT2D eigenvalue weighted by molar-refractivity contribution is 6.01. The molecule has 45 heavy (non-hydrogen) atoms. The second kappa shape index (κ2) is 10.1. The second-order valence-corrected chi connectivity index (χ2v) is 14.5. The predicted molar refractivity (Wildman–Crippen MR) is 166 cm³/mol. The molecule has 0 aromatic heterocycles. The standard InChI is InChI=1S/C37H41NO7/c1-35-11-9-25(40)15-23(35)7-8-27-28-17-32-37(31(42)19-39,36(28,2)18-29(41)33(27)35)45-34(44-32)21-5-3-20(4-6-21)13-22-14-24(38)16-30-26(22)10-12-43-30/h3-6,9,11,14-16,27-29,32-34,39,41H,7-8,10,12-13,17-19,38H2,1-2H3/t27-,28-,29-,32+,33+,34+,35-,36-,37+/m0/s1. The maximum Gasteiger partial charge on any atom is 0.193 e. The minimum Gasteiger partial charge on any atom is -0.493 e. The Morgan fingerprint density at radius 2 is 1.93 bits per heavy atom. The van der Waals surface area contributed by atoms with Crippen molar-refractivity contribution in [1.82, 2.24) is 0 Å². The summed E-state index contributed by atoms with van der Waals surface area (Å²) >= 11 is 0. The highest BCUT2D eigenvalue weighted by Crippen LogP contribution is 2.70. The number of fused-ring (bicyclic) bond motifs is 8. The Balaban J connectivity index is 1.07. The summed E-state index contributed by atoms with van der Waals surface area (Å²) in [5, 5.41) is 22.1. The Labute approximate surface area is 263 Å². The molecule has 6 aliphatic rings. The van der Waals surface area contributed by atoms with Crippen LogP contribution < -0.4 is 10.5 Å². The molecule has 2 aromatic rings. The van der Waals surface area contributed by atoms with Crippen molar-refractivity contribution in [2.24, 2.45) is 28.6 Å². The first-order chi connectivity index (χ1) is 21.6. The number of ketones is 2. The van der Waals surface area contributed by atoms with Crippen LogP contribution in [0.1, 0.15) is 68.1 Å². The average Bonchev–Trinajstić information content (AvgIpc) is 3.70. The Morgan fingerprint density at radius 1 is 1.13 bits per heavy atom. The number of hydrogen-bond acceptors (Lipinski definition) is 8. The molecule has 8 heteroatoms. The van der Waals surface area contributed by atoms with Gasteiger partial charge in [-0.1, -0.05) is 49.8 Å². The first-order valence-electron chi connectivity index (χ1n) is 16.3. The van der Waals surface area contributed by atoms with Gasteiger partial charge in [0.05, 0.1) is 18.8 Å². The fourth-order valence-corrected chi connectivity index (χ4v) is 10.4. The Morgan fingerprint density at radius 3 is 2.71 bits per heavy atom. The molecule has 2 aromatic carbocycles. The molecule has 8 rings (SSSR count). The Bertz CT molecular complexity index is 1650. The summed E-state index contributed by atoms with van der Waals surface area (Å²) in [5.41, 5.74) is 9.71. The third-order valence-electron chi connectivity index (χ3n) is 12.4. The van der Waals surface area contributed by atoms with Crippen molar-refractivity contribution in [2.45, 2.75) is 76.5 Å². The van der Waals surface area contributed by atoms with Gasteiger partial charge in [0.25, 0.3) is 0 Å². The zero-order valence-corrected chi connectivity index (χ0v) is 25.8. The van der Waals surface area contributed by atoms with E-state index in [0.29, 0.717) is 25.1 Å². The lowest BCUT2D eigenvalue weighted by molar-refractivity contribution is -0.201. The predicted octanol–water partition coefficient (Wildman–Crippen LogP) is 4.40. The van der Waals surface area contributed by atoms with E-state index in [4.69, 9.17) is 19.9 Å². The van der Waals surface area contributed by atoms with Crippen molar-refractivity contribution in [3.05, 3.63) is 82.5 Å². The number of benzene rings is 2. The number of carbonyl (C=O) groups is 2. The summed E-state index contributed by atoms with van der Waals surface area (Å²) < 4.78 is 19.1. The monoisotopic (exact) mass is 611 g/mol. The molecular weight excluding hydrogens is 570 g/mol. The molecule has 4 N–H and O–H groups in total.